The van der Waals surface area contributed by atoms with Gasteiger partial charge in [0.05, 0.1) is 44.8 Å². The second kappa shape index (κ2) is 37.5. The molecule has 11 N–H and O–H groups in total. The molecule has 0 unspecified atom stereocenters. The van der Waals surface area contributed by atoms with Crippen molar-refractivity contribution >= 4 is 58.9 Å². The summed E-state index contributed by atoms with van der Waals surface area (Å²) in [6, 6.07) is 23.4. The number of nitrogens with two attached hydrogens (primary N) is 3. The molecule has 21 heteroatoms. The third-order valence-electron chi connectivity index (χ3n) is 12.2. The van der Waals surface area contributed by atoms with Crippen molar-refractivity contribution in [1.82, 2.24) is 29.9 Å². The molecule has 3 aromatic heterocycles. The molecule has 80 heavy (non-hydrogen) atoms. The molecule has 6 aromatic rings. The van der Waals surface area contributed by atoms with Gasteiger partial charge in [-0.1, -0.05) is 94.6 Å². The molecule has 0 aliphatic rings. The Kier molecular flexibility index (Phi) is 32.2. The summed E-state index contributed by atoms with van der Waals surface area (Å²) in [5.41, 5.74) is 25.5. The first-order valence-corrected chi connectivity index (χ1v) is 26.6. The maximum absolute atomic E-state index is 11.5. The van der Waals surface area contributed by atoms with Gasteiger partial charge >= 0.3 is 35.5 Å². The Labute approximate surface area is 493 Å². The quantitative estimate of drug-likeness (QED) is 0.0148. The van der Waals surface area contributed by atoms with Crippen LogP contribution >= 0.6 is 0 Å². The number of hydrogen-bond acceptors (Lipinski definition) is 19. The van der Waals surface area contributed by atoms with E-state index in [9.17, 15) is 14.4 Å². The number of ketones is 2. The number of carboxylic acid groups (broad SMARTS) is 1. The molecule has 0 saturated carbocycles. The second-order valence-corrected chi connectivity index (χ2v) is 18.4. The Balaban J connectivity index is 0.000000405. The molecule has 426 valence electrons. The average molecular weight is 1110 g/mol. The van der Waals surface area contributed by atoms with Crippen LogP contribution in [-0.2, 0) is 46.5 Å². The van der Waals surface area contributed by atoms with Gasteiger partial charge in [-0.05, 0) is 86.6 Å². The smallest absolute Gasteiger partial charge is 0.870 e. The Hall–Kier alpha value is -7.39. The summed E-state index contributed by atoms with van der Waals surface area (Å²) in [6.45, 7) is 11.9. The van der Waals surface area contributed by atoms with Crippen molar-refractivity contribution in [2.45, 2.75) is 118 Å². The van der Waals surface area contributed by atoms with Gasteiger partial charge in [-0.25, -0.2) is 15.0 Å². The molecule has 0 atom stereocenters. The van der Waals surface area contributed by atoms with Gasteiger partial charge in [-0.3, -0.25) is 9.59 Å². The molecular weight excluding hydrogens is 1030 g/mol. The van der Waals surface area contributed by atoms with E-state index in [1.807, 2.05) is 72.8 Å². The van der Waals surface area contributed by atoms with E-state index >= 15 is 0 Å². The first kappa shape index (κ1) is 68.7. The standard InChI is InChI=1S/C20H28N4O2.C20H26N4O2.C19H26N4O3.Na.H2O/c2*1-4-5-12-22-19-16(13-15-8-6-7-9-18(15)26-3)17(11-10-14(2)25)23-20(21)24-19;1-3-4-11-21-18-14(12-13-7-5-6-8-16(13)26-2)15(9-10-17(24)25)22-19(20)23-18;;/h6-9H,4-5,10-13H2,1-3H3,(H3,21,22,23,24);6-11H,4-5,12-13H2,1-3H3,(H3,21,22,23,24);5-8H,3-4,9-12H2,1-2H3,(H,24,25)(H3,20,21,22,23);;1H2/q;;;+1;/p-1/b;11-10+;;;. The van der Waals surface area contributed by atoms with Crippen LogP contribution in [0.4, 0.5) is 35.3 Å². The first-order valence-electron chi connectivity index (χ1n) is 26.6. The van der Waals surface area contributed by atoms with E-state index in [1.165, 1.54) is 13.0 Å². The predicted molar refractivity (Wildman–Crippen MR) is 314 cm³/mol. The van der Waals surface area contributed by atoms with Crippen LogP contribution < -0.4 is 76.9 Å². The number of rotatable bonds is 29. The molecule has 20 nitrogen and oxygen atoms in total. The predicted octanol–water partition coefficient (Wildman–Crippen LogP) is 6.58. The maximum Gasteiger partial charge on any atom is 1.00 e. The van der Waals surface area contributed by atoms with Crippen molar-refractivity contribution in [3.05, 3.63) is 129 Å². The maximum atomic E-state index is 11.5. The van der Waals surface area contributed by atoms with Gasteiger partial charge < -0.3 is 62.7 Å². The summed E-state index contributed by atoms with van der Waals surface area (Å²) in [7, 11) is 4.94. The van der Waals surface area contributed by atoms with E-state index in [4.69, 9.17) is 36.5 Å². The number of ether oxygens (including phenoxy) is 3. The first-order chi connectivity index (χ1) is 37.6. The number of para-hydroxylation sites is 3. The minimum Gasteiger partial charge on any atom is -0.870 e. The van der Waals surface area contributed by atoms with E-state index in [2.05, 4.69) is 66.6 Å². The number of nitrogens with zero attached hydrogens (tertiary/aromatic N) is 6. The zero-order chi connectivity index (χ0) is 56.8. The molecular formula is C59H81N12NaO8. The van der Waals surface area contributed by atoms with Crippen molar-refractivity contribution in [3.63, 3.8) is 0 Å². The Morgan fingerprint density at radius 2 is 0.887 bits per heavy atom. The number of nitrogen functional groups attached to an aromatic ring is 3. The number of anilines is 6. The molecule has 3 heterocycles. The van der Waals surface area contributed by atoms with Crippen LogP contribution in [0.2, 0.25) is 0 Å². The zero-order valence-electron chi connectivity index (χ0n) is 48.2. The molecule has 0 radical (unpaired) electrons. The zero-order valence-corrected chi connectivity index (χ0v) is 50.2. The van der Waals surface area contributed by atoms with Gasteiger partial charge in [0.15, 0.2) is 5.78 Å². The largest absolute Gasteiger partial charge is 1.00 e. The van der Waals surface area contributed by atoms with Crippen LogP contribution in [0.1, 0.15) is 136 Å². The van der Waals surface area contributed by atoms with Gasteiger partial charge in [0.1, 0.15) is 40.5 Å². The number of nitrogens with one attached hydrogen (secondary N) is 3. The number of unbranched alkanes of at least 4 members (excludes halogenated alkanes) is 3. The summed E-state index contributed by atoms with van der Waals surface area (Å²) in [6.07, 6.45) is 12.5. The Morgan fingerprint density at radius 3 is 1.24 bits per heavy atom. The fourth-order valence-corrected chi connectivity index (χ4v) is 8.14. The van der Waals surface area contributed by atoms with Gasteiger partial charge in [-0.2, -0.15) is 15.0 Å². The number of carbonyl (C=O) groups excluding carboxylic acids is 2. The minimum atomic E-state index is -0.870. The van der Waals surface area contributed by atoms with Crippen LogP contribution in [0, 0.1) is 0 Å². The van der Waals surface area contributed by atoms with Crippen LogP contribution in [0.25, 0.3) is 6.08 Å². The molecule has 0 fully saturated rings. The van der Waals surface area contributed by atoms with E-state index < -0.39 is 5.97 Å². The molecule has 0 aliphatic carbocycles. The van der Waals surface area contributed by atoms with Crippen LogP contribution in [0.5, 0.6) is 17.2 Å². The normalized spacial score (nSPS) is 10.4. The molecule has 0 aliphatic heterocycles. The van der Waals surface area contributed by atoms with Crippen molar-refractivity contribution in [2.24, 2.45) is 0 Å². The topological polar surface area (TPSA) is 321 Å². The average Bonchev–Trinajstić information content (AvgIpc) is 3.43. The Morgan fingerprint density at radius 1 is 0.537 bits per heavy atom. The van der Waals surface area contributed by atoms with Crippen LogP contribution in [0.3, 0.4) is 0 Å². The van der Waals surface area contributed by atoms with Crippen molar-refractivity contribution in [1.29, 1.82) is 0 Å². The monoisotopic (exact) mass is 1110 g/mol. The summed E-state index contributed by atoms with van der Waals surface area (Å²) in [4.78, 5) is 60.0. The number of Topliss-reactive ketones (excluding diaryl/α,β-unsaturated/α-hetero) is 1. The minimum absolute atomic E-state index is 0. The molecule has 6 rings (SSSR count). The van der Waals surface area contributed by atoms with Gasteiger partial charge in [0.2, 0.25) is 17.8 Å². The van der Waals surface area contributed by atoms with E-state index in [-0.39, 0.29) is 70.9 Å². The van der Waals surface area contributed by atoms with E-state index in [1.54, 1.807) is 34.3 Å². The van der Waals surface area contributed by atoms with Crippen molar-refractivity contribution < 1.29 is 68.7 Å². The van der Waals surface area contributed by atoms with Gasteiger partial charge in [-0.15, -0.1) is 0 Å². The number of aliphatic carboxylic acids is 1. The molecule has 3 aromatic carbocycles. The Bertz CT molecular complexity index is 2780. The summed E-state index contributed by atoms with van der Waals surface area (Å²) in [5.74, 6) is 4.26. The summed E-state index contributed by atoms with van der Waals surface area (Å²) >= 11 is 0. The van der Waals surface area contributed by atoms with E-state index in [0.717, 1.165) is 120 Å². The van der Waals surface area contributed by atoms with Gasteiger partial charge in [0, 0.05) is 68.4 Å². The van der Waals surface area contributed by atoms with E-state index in [0.29, 0.717) is 61.5 Å². The van der Waals surface area contributed by atoms with Crippen LogP contribution in [0.15, 0.2) is 78.9 Å². The number of methoxy groups -OCH3 is 3. The number of carbonyl (C=O) groups is 3. The number of aromatic nitrogens is 6. The SMILES string of the molecule is CCCCNc1nc(N)nc(/C=C/C(C)=O)c1Cc1ccccc1OC.CCCCNc1nc(N)nc(CCC(=O)O)c1Cc1ccccc1OC.CCCCNc1nc(N)nc(CCC(C)=O)c1Cc1ccccc1OC.[Na+].[OH-]. The van der Waals surface area contributed by atoms with Crippen LogP contribution in [-0.4, -0.2) is 99.0 Å². The summed E-state index contributed by atoms with van der Waals surface area (Å²) < 4.78 is 16.4. The molecule has 0 saturated heterocycles. The summed E-state index contributed by atoms with van der Waals surface area (Å²) in [5, 5.41) is 19.1. The number of hydrogen-bond donors (Lipinski definition) is 7. The third-order valence-corrected chi connectivity index (χ3v) is 12.2. The number of aryl methyl sites for hydroxylation is 2. The fraction of sp³-hybridized carbons (Fsp3) is 0.407. The second-order valence-electron chi connectivity index (χ2n) is 18.4. The number of benzene rings is 3. The number of allylic oxidation sites excluding steroid dienone is 1. The third kappa shape index (κ3) is 23.1. The fourth-order valence-electron chi connectivity index (χ4n) is 8.14. The van der Waals surface area contributed by atoms with Gasteiger partial charge in [0.25, 0.3) is 0 Å². The molecule has 0 spiro atoms. The molecule has 0 bridgehead atoms. The molecule has 0 amide bonds. The number of carboxylic acids is 1. The van der Waals surface area contributed by atoms with Crippen molar-refractivity contribution in [3.8, 4) is 17.2 Å². The van der Waals surface area contributed by atoms with Crippen molar-refractivity contribution in [2.75, 3.05) is 74.1 Å².